The minimum absolute atomic E-state index is 0.310. The molecule has 3 nitrogen and oxygen atoms in total. The summed E-state index contributed by atoms with van der Waals surface area (Å²) in [6.07, 6.45) is 6.31. The summed E-state index contributed by atoms with van der Waals surface area (Å²) in [6, 6.07) is 14.2. The van der Waals surface area contributed by atoms with Gasteiger partial charge in [0.1, 0.15) is 5.69 Å². The molecule has 0 atom stereocenters. The van der Waals surface area contributed by atoms with Crippen LogP contribution in [0.1, 0.15) is 0 Å². The van der Waals surface area contributed by atoms with Crippen LogP contribution in [0, 0.1) is 0 Å². The van der Waals surface area contributed by atoms with Gasteiger partial charge in [-0.1, -0.05) is 18.2 Å². The zero-order valence-electron chi connectivity index (χ0n) is 11.1. The van der Waals surface area contributed by atoms with Gasteiger partial charge in [0.25, 0.3) is 0 Å². The van der Waals surface area contributed by atoms with Crippen molar-refractivity contribution in [2.75, 3.05) is 12.5 Å². The maximum atomic E-state index is 4.74. The molecule has 0 radical (unpaired) electrons. The minimum atomic E-state index is 0.310. The Hall–Kier alpha value is -1.81. The number of nitrogens with zero attached hydrogens (tertiary/aromatic N) is 3. The van der Waals surface area contributed by atoms with Crippen LogP contribution in [0.15, 0.2) is 48.7 Å². The van der Waals surface area contributed by atoms with E-state index in [2.05, 4.69) is 40.3 Å². The molecular weight excluding hydrogens is 254 g/mol. The largest absolute Gasteiger partial charge is 0.279 e. The van der Waals surface area contributed by atoms with E-state index in [0.29, 0.717) is 10.9 Å². The average molecular weight is 270 g/mol. The van der Waals surface area contributed by atoms with Crippen molar-refractivity contribution >= 4 is 21.9 Å². The third-order valence-electron chi connectivity index (χ3n) is 2.94. The molecule has 0 aliphatic heterocycles. The fourth-order valence-corrected chi connectivity index (χ4v) is 2.93. The first-order valence-corrected chi connectivity index (χ1v) is 8.37. The molecular formula is C15H16N3S+. The Bertz CT molecular complexity index is 689. The normalized spacial score (nSPS) is 11.3. The molecule has 0 aliphatic carbocycles. The maximum Gasteiger partial charge on any atom is 0.185 e. The molecule has 3 aromatic rings. The summed E-state index contributed by atoms with van der Waals surface area (Å²) in [5.41, 5.74) is 3.15. The number of hydrogen-bond donors (Lipinski definition) is 0. The number of pyridine rings is 1. The standard InChI is InChI=1S/C15H16N3S/c1-19(2)11-18-14-9-4-3-7-12(14)17-15(18)13-8-5-6-10-16-13/h3-10H,11H2,1-2H3/q+1. The zero-order chi connectivity index (χ0) is 13.2. The van der Waals surface area contributed by atoms with Crippen molar-refractivity contribution in [3.8, 4) is 11.5 Å². The molecule has 96 valence electrons. The van der Waals surface area contributed by atoms with Crippen molar-refractivity contribution in [3.05, 3.63) is 48.7 Å². The Kier molecular flexibility index (Phi) is 3.25. The molecule has 19 heavy (non-hydrogen) atoms. The van der Waals surface area contributed by atoms with E-state index in [1.807, 2.05) is 30.5 Å². The first-order chi connectivity index (χ1) is 9.25. The average Bonchev–Trinajstić information content (AvgIpc) is 2.78. The van der Waals surface area contributed by atoms with Gasteiger partial charge in [-0.2, -0.15) is 0 Å². The highest BCUT2D eigenvalue weighted by Crippen LogP contribution is 2.23. The summed E-state index contributed by atoms with van der Waals surface area (Å²) in [6.45, 7) is 0. The van der Waals surface area contributed by atoms with Crippen LogP contribution in [0.25, 0.3) is 22.6 Å². The van der Waals surface area contributed by atoms with E-state index in [9.17, 15) is 0 Å². The molecule has 0 spiro atoms. The van der Waals surface area contributed by atoms with Gasteiger partial charge in [0.2, 0.25) is 0 Å². The van der Waals surface area contributed by atoms with Crippen LogP contribution in [0.3, 0.4) is 0 Å². The molecule has 0 saturated heterocycles. The van der Waals surface area contributed by atoms with Crippen molar-refractivity contribution in [3.63, 3.8) is 0 Å². The first-order valence-electron chi connectivity index (χ1n) is 6.16. The number of benzene rings is 1. The lowest BCUT2D eigenvalue weighted by atomic mass is 10.3. The first kappa shape index (κ1) is 12.2. The van der Waals surface area contributed by atoms with Crippen molar-refractivity contribution in [2.24, 2.45) is 0 Å². The van der Waals surface area contributed by atoms with Crippen molar-refractivity contribution in [2.45, 2.75) is 5.88 Å². The maximum absolute atomic E-state index is 4.74. The lowest BCUT2D eigenvalue weighted by Gasteiger charge is -2.06. The number of para-hydroxylation sites is 2. The Morgan fingerprint density at radius 1 is 1.05 bits per heavy atom. The van der Waals surface area contributed by atoms with E-state index in [4.69, 9.17) is 4.98 Å². The highest BCUT2D eigenvalue weighted by Gasteiger charge is 2.16. The highest BCUT2D eigenvalue weighted by atomic mass is 32.2. The van der Waals surface area contributed by atoms with Gasteiger partial charge in [-0.05, 0) is 24.3 Å². The highest BCUT2D eigenvalue weighted by molar-refractivity contribution is 7.94. The Labute approximate surface area is 115 Å². The number of hydrogen-bond acceptors (Lipinski definition) is 2. The van der Waals surface area contributed by atoms with E-state index in [1.54, 1.807) is 0 Å². The van der Waals surface area contributed by atoms with Gasteiger partial charge in [-0.25, -0.2) is 4.98 Å². The Balaban J connectivity index is 2.23. The summed E-state index contributed by atoms with van der Waals surface area (Å²) in [5, 5.41) is 0. The monoisotopic (exact) mass is 270 g/mol. The number of aromatic nitrogens is 3. The fraction of sp³-hybridized carbons (Fsp3) is 0.200. The molecule has 2 aromatic heterocycles. The summed E-state index contributed by atoms with van der Waals surface area (Å²) in [5.74, 6) is 1.94. The van der Waals surface area contributed by atoms with Gasteiger partial charge < -0.3 is 0 Å². The van der Waals surface area contributed by atoms with E-state index < -0.39 is 0 Å². The third kappa shape index (κ3) is 2.36. The predicted molar refractivity (Wildman–Crippen MR) is 82.2 cm³/mol. The second-order valence-electron chi connectivity index (χ2n) is 4.68. The van der Waals surface area contributed by atoms with Gasteiger partial charge in [0.05, 0.1) is 23.5 Å². The summed E-state index contributed by atoms with van der Waals surface area (Å²) < 4.78 is 2.28. The predicted octanol–water partition coefficient (Wildman–Crippen LogP) is 2.93. The van der Waals surface area contributed by atoms with Crippen molar-refractivity contribution in [1.29, 1.82) is 0 Å². The van der Waals surface area contributed by atoms with E-state index in [1.165, 1.54) is 5.52 Å². The lowest BCUT2D eigenvalue weighted by Crippen LogP contribution is -2.09. The molecule has 0 N–H and O–H groups in total. The fourth-order valence-electron chi connectivity index (χ4n) is 2.15. The van der Waals surface area contributed by atoms with Crippen molar-refractivity contribution in [1.82, 2.24) is 14.5 Å². The molecule has 0 aliphatic rings. The van der Waals surface area contributed by atoms with Crippen LogP contribution in [0.2, 0.25) is 0 Å². The smallest absolute Gasteiger partial charge is 0.185 e. The van der Waals surface area contributed by atoms with Crippen LogP contribution in [-0.2, 0) is 16.8 Å². The van der Waals surface area contributed by atoms with Gasteiger partial charge in [-0.15, -0.1) is 0 Å². The molecule has 0 amide bonds. The third-order valence-corrected chi connectivity index (χ3v) is 3.71. The van der Waals surface area contributed by atoms with Gasteiger partial charge >= 0.3 is 0 Å². The Morgan fingerprint density at radius 3 is 2.58 bits per heavy atom. The molecule has 4 heteroatoms. The van der Waals surface area contributed by atoms with Crippen LogP contribution in [0.4, 0.5) is 0 Å². The van der Waals surface area contributed by atoms with E-state index in [-0.39, 0.29) is 0 Å². The molecule has 1 aromatic carbocycles. The van der Waals surface area contributed by atoms with Crippen LogP contribution in [0.5, 0.6) is 0 Å². The molecule has 3 rings (SSSR count). The zero-order valence-corrected chi connectivity index (χ0v) is 11.9. The van der Waals surface area contributed by atoms with Crippen molar-refractivity contribution < 1.29 is 0 Å². The number of imidazole rings is 1. The molecule has 0 fully saturated rings. The molecule has 2 heterocycles. The molecule has 0 bridgehead atoms. The van der Waals surface area contributed by atoms with Crippen LogP contribution in [-0.4, -0.2) is 27.0 Å². The minimum Gasteiger partial charge on any atom is -0.279 e. The van der Waals surface area contributed by atoms with Gasteiger partial charge in [0, 0.05) is 17.1 Å². The summed E-state index contributed by atoms with van der Waals surface area (Å²) in [4.78, 5) is 9.17. The molecule has 0 unspecified atom stereocenters. The summed E-state index contributed by atoms with van der Waals surface area (Å²) >= 11 is 0. The lowest BCUT2D eigenvalue weighted by molar-refractivity contribution is 0.922. The second-order valence-corrected chi connectivity index (χ2v) is 6.91. The van der Waals surface area contributed by atoms with Gasteiger partial charge in [0.15, 0.2) is 11.7 Å². The number of fused-ring (bicyclic) bond motifs is 1. The topological polar surface area (TPSA) is 30.7 Å². The molecule has 0 saturated carbocycles. The van der Waals surface area contributed by atoms with Crippen LogP contribution >= 0.6 is 0 Å². The van der Waals surface area contributed by atoms with Crippen LogP contribution < -0.4 is 0 Å². The summed E-state index contributed by atoms with van der Waals surface area (Å²) in [7, 11) is 0.310. The van der Waals surface area contributed by atoms with E-state index in [0.717, 1.165) is 22.9 Å². The second kappa shape index (κ2) is 5.05. The van der Waals surface area contributed by atoms with Gasteiger partial charge in [-0.3, -0.25) is 9.55 Å². The SMILES string of the molecule is C[S+](C)Cn1c(-c2ccccn2)nc2ccccc21. The number of rotatable bonds is 3. The van der Waals surface area contributed by atoms with E-state index >= 15 is 0 Å². The quantitative estimate of drug-likeness (QED) is 0.685. The Morgan fingerprint density at radius 2 is 1.84 bits per heavy atom.